The van der Waals surface area contributed by atoms with Crippen LogP contribution >= 0.6 is 0 Å². The summed E-state index contributed by atoms with van der Waals surface area (Å²) in [7, 11) is 0. The van der Waals surface area contributed by atoms with Crippen molar-refractivity contribution in [2.75, 3.05) is 19.6 Å². The first-order valence-electron chi connectivity index (χ1n) is 8.00. The molecular formula is C17H19F3N2O. The van der Waals surface area contributed by atoms with E-state index in [1.807, 2.05) is 12.3 Å². The lowest BCUT2D eigenvalue weighted by Gasteiger charge is -2.56. The largest absolute Gasteiger partial charge is 0.573 e. The van der Waals surface area contributed by atoms with Gasteiger partial charge in [0.15, 0.2) is 0 Å². The number of halogens is 3. The normalized spacial score (nSPS) is 20.5. The summed E-state index contributed by atoms with van der Waals surface area (Å²) >= 11 is 0. The van der Waals surface area contributed by atoms with Gasteiger partial charge in [-0.25, -0.2) is 0 Å². The van der Waals surface area contributed by atoms with E-state index in [1.165, 1.54) is 44.5 Å². The first-order chi connectivity index (χ1) is 10.9. The highest BCUT2D eigenvalue weighted by Gasteiger charge is 2.46. The van der Waals surface area contributed by atoms with E-state index in [0.29, 0.717) is 5.41 Å². The highest BCUT2D eigenvalue weighted by Crippen LogP contribution is 2.47. The summed E-state index contributed by atoms with van der Waals surface area (Å²) in [4.78, 5) is 2.46. The first-order valence-corrected chi connectivity index (χ1v) is 8.00. The maximum absolute atomic E-state index is 12.3. The van der Waals surface area contributed by atoms with Crippen LogP contribution in [-0.4, -0.2) is 35.5 Å². The monoisotopic (exact) mass is 324 g/mol. The van der Waals surface area contributed by atoms with E-state index in [4.69, 9.17) is 0 Å². The van der Waals surface area contributed by atoms with Gasteiger partial charge in [-0.2, -0.15) is 0 Å². The van der Waals surface area contributed by atoms with Crippen molar-refractivity contribution < 1.29 is 17.9 Å². The molecule has 0 bridgehead atoms. The fourth-order valence-corrected chi connectivity index (χ4v) is 3.87. The Morgan fingerprint density at radius 1 is 1.09 bits per heavy atom. The molecule has 1 saturated carbocycles. The topological polar surface area (TPSA) is 17.4 Å². The standard InChI is InChI=1S/C17H19F3N2O/c18-17(19,20)23-14-2-3-15-13(10-14)4-7-22(15)9-8-21-11-16(12-21)5-1-6-16/h2-4,7,10H,1,5-6,8-9,11-12H2. The third-order valence-corrected chi connectivity index (χ3v) is 5.17. The van der Waals surface area contributed by atoms with Gasteiger partial charge in [-0.05, 0) is 42.5 Å². The number of alkyl halides is 3. The molecule has 1 aromatic carbocycles. The van der Waals surface area contributed by atoms with E-state index >= 15 is 0 Å². The number of hydrogen-bond donors (Lipinski definition) is 0. The zero-order valence-electron chi connectivity index (χ0n) is 12.8. The third kappa shape index (κ3) is 2.92. The zero-order chi connectivity index (χ0) is 16.1. The van der Waals surface area contributed by atoms with Crippen molar-refractivity contribution >= 4 is 10.9 Å². The molecule has 3 nitrogen and oxygen atoms in total. The summed E-state index contributed by atoms with van der Waals surface area (Å²) in [5.41, 5.74) is 1.57. The highest BCUT2D eigenvalue weighted by atomic mass is 19.4. The third-order valence-electron chi connectivity index (χ3n) is 5.17. The molecule has 23 heavy (non-hydrogen) atoms. The molecule has 6 heteroatoms. The number of rotatable bonds is 4. The van der Waals surface area contributed by atoms with Crippen LogP contribution in [0, 0.1) is 5.41 Å². The van der Waals surface area contributed by atoms with Crippen molar-refractivity contribution in [1.82, 2.24) is 9.47 Å². The molecule has 2 aromatic rings. The Kier molecular flexibility index (Phi) is 3.34. The Labute approximate surface area is 132 Å². The van der Waals surface area contributed by atoms with Gasteiger partial charge in [0.25, 0.3) is 0 Å². The summed E-state index contributed by atoms with van der Waals surface area (Å²) in [5, 5.41) is 0.769. The second-order valence-electron chi connectivity index (χ2n) is 6.84. The Bertz CT molecular complexity index is 710. The average molecular weight is 324 g/mol. The maximum atomic E-state index is 12.3. The van der Waals surface area contributed by atoms with Crippen LogP contribution in [0.5, 0.6) is 5.75 Å². The second-order valence-corrected chi connectivity index (χ2v) is 6.84. The van der Waals surface area contributed by atoms with Gasteiger partial charge in [0.1, 0.15) is 5.75 Å². The number of hydrogen-bond acceptors (Lipinski definition) is 2. The summed E-state index contributed by atoms with van der Waals surface area (Å²) < 4.78 is 42.9. The van der Waals surface area contributed by atoms with E-state index in [2.05, 4.69) is 14.2 Å². The Morgan fingerprint density at radius 3 is 2.52 bits per heavy atom. The Morgan fingerprint density at radius 2 is 1.87 bits per heavy atom. The minimum atomic E-state index is -4.65. The molecule has 4 rings (SSSR count). The second kappa shape index (κ2) is 5.16. The average Bonchev–Trinajstić information content (AvgIpc) is 2.75. The number of nitrogens with zero attached hydrogens (tertiary/aromatic N) is 2. The van der Waals surface area contributed by atoms with Gasteiger partial charge in [-0.3, -0.25) is 0 Å². The van der Waals surface area contributed by atoms with Crippen LogP contribution in [-0.2, 0) is 6.54 Å². The summed E-state index contributed by atoms with van der Waals surface area (Å²) in [6.07, 6.45) is 1.40. The smallest absolute Gasteiger partial charge is 0.406 e. The van der Waals surface area contributed by atoms with Crippen molar-refractivity contribution in [2.24, 2.45) is 5.41 Å². The van der Waals surface area contributed by atoms with Crippen molar-refractivity contribution in [1.29, 1.82) is 0 Å². The Hall–Kier alpha value is -1.69. The van der Waals surface area contributed by atoms with Gasteiger partial charge in [-0.15, -0.1) is 13.2 Å². The molecule has 2 fully saturated rings. The van der Waals surface area contributed by atoms with Crippen LogP contribution in [0.1, 0.15) is 19.3 Å². The Balaban J connectivity index is 1.40. The molecule has 0 radical (unpaired) electrons. The molecular weight excluding hydrogens is 305 g/mol. The molecule has 0 unspecified atom stereocenters. The first kappa shape index (κ1) is 14.9. The maximum Gasteiger partial charge on any atom is 0.573 e. The molecule has 2 heterocycles. The molecule has 124 valence electrons. The van der Waals surface area contributed by atoms with Crippen molar-refractivity contribution in [2.45, 2.75) is 32.2 Å². The predicted molar refractivity (Wildman–Crippen MR) is 81.3 cm³/mol. The van der Waals surface area contributed by atoms with Crippen LogP contribution in [0.3, 0.4) is 0 Å². The minimum Gasteiger partial charge on any atom is -0.406 e. The number of benzene rings is 1. The number of ether oxygens (including phenoxy) is 1. The lowest BCUT2D eigenvalue weighted by molar-refractivity contribution is -0.274. The molecule has 0 amide bonds. The van der Waals surface area contributed by atoms with Gasteiger partial charge in [0, 0.05) is 43.3 Å². The van der Waals surface area contributed by atoms with Crippen LogP contribution in [0.25, 0.3) is 10.9 Å². The van der Waals surface area contributed by atoms with E-state index in [-0.39, 0.29) is 5.75 Å². The van der Waals surface area contributed by atoms with Gasteiger partial charge in [-0.1, -0.05) is 6.42 Å². The lowest BCUT2D eigenvalue weighted by atomic mass is 9.63. The molecule has 1 saturated heterocycles. The predicted octanol–water partition coefficient (Wildman–Crippen LogP) is 4.03. The van der Waals surface area contributed by atoms with E-state index in [0.717, 1.165) is 24.0 Å². The van der Waals surface area contributed by atoms with E-state index in [9.17, 15) is 13.2 Å². The fraction of sp³-hybridized carbons (Fsp3) is 0.529. The van der Waals surface area contributed by atoms with Crippen LogP contribution in [0.4, 0.5) is 13.2 Å². The molecule has 1 aliphatic heterocycles. The number of likely N-dealkylation sites (tertiary alicyclic amines) is 1. The highest BCUT2D eigenvalue weighted by molar-refractivity contribution is 5.81. The van der Waals surface area contributed by atoms with Crippen LogP contribution in [0.15, 0.2) is 30.5 Å². The van der Waals surface area contributed by atoms with Crippen molar-refractivity contribution in [3.63, 3.8) is 0 Å². The van der Waals surface area contributed by atoms with Crippen LogP contribution < -0.4 is 4.74 Å². The van der Waals surface area contributed by atoms with Crippen LogP contribution in [0.2, 0.25) is 0 Å². The lowest BCUT2D eigenvalue weighted by Crippen LogP contribution is -2.59. The summed E-state index contributed by atoms with van der Waals surface area (Å²) in [5.74, 6) is -0.169. The fourth-order valence-electron chi connectivity index (χ4n) is 3.87. The van der Waals surface area contributed by atoms with Crippen molar-refractivity contribution in [3.05, 3.63) is 30.5 Å². The molecule has 1 aliphatic carbocycles. The van der Waals surface area contributed by atoms with Gasteiger partial charge in [0.05, 0.1) is 0 Å². The quantitative estimate of drug-likeness (QED) is 0.845. The zero-order valence-corrected chi connectivity index (χ0v) is 12.8. The SMILES string of the molecule is FC(F)(F)Oc1ccc2c(ccn2CCN2CC3(CCC3)C2)c1. The molecule has 2 aliphatic rings. The summed E-state index contributed by atoms with van der Waals surface area (Å²) in [6.45, 7) is 4.26. The van der Waals surface area contributed by atoms with E-state index in [1.54, 1.807) is 6.07 Å². The summed E-state index contributed by atoms with van der Waals surface area (Å²) in [6, 6.07) is 6.34. The van der Waals surface area contributed by atoms with Gasteiger partial charge in [0.2, 0.25) is 0 Å². The van der Waals surface area contributed by atoms with Gasteiger partial charge < -0.3 is 14.2 Å². The molecule has 0 atom stereocenters. The number of fused-ring (bicyclic) bond motifs is 1. The number of aromatic nitrogens is 1. The van der Waals surface area contributed by atoms with E-state index < -0.39 is 6.36 Å². The minimum absolute atomic E-state index is 0.169. The van der Waals surface area contributed by atoms with Crippen molar-refractivity contribution in [3.8, 4) is 5.75 Å². The van der Waals surface area contributed by atoms with Gasteiger partial charge >= 0.3 is 6.36 Å². The molecule has 0 N–H and O–H groups in total. The molecule has 1 aromatic heterocycles. The molecule has 1 spiro atoms.